The first kappa shape index (κ1) is 17.7. The fourth-order valence-corrected chi connectivity index (χ4v) is 4.35. The molecule has 27 heavy (non-hydrogen) atoms. The Labute approximate surface area is 162 Å². The number of aromatic nitrogens is 2. The zero-order chi connectivity index (χ0) is 18.6. The molecule has 1 aliphatic heterocycles. The smallest absolute Gasteiger partial charge is 0.253 e. The maximum atomic E-state index is 12.4. The van der Waals surface area contributed by atoms with Gasteiger partial charge in [0.1, 0.15) is 5.75 Å². The molecule has 3 heterocycles. The van der Waals surface area contributed by atoms with Crippen LogP contribution in [0.2, 0.25) is 0 Å². The number of anilines is 1. The molecule has 1 fully saturated rings. The van der Waals surface area contributed by atoms with Gasteiger partial charge in [-0.15, -0.1) is 0 Å². The molecular weight excluding hydrogens is 360 g/mol. The van der Waals surface area contributed by atoms with Gasteiger partial charge in [0.25, 0.3) is 5.91 Å². The fraction of sp³-hybridized carbons (Fsp3) is 0.350. The molecule has 4 rings (SSSR count). The molecule has 1 amide bonds. The lowest BCUT2D eigenvalue weighted by molar-refractivity contribution is 0.0933. The quantitative estimate of drug-likeness (QED) is 0.732. The molecule has 3 aromatic rings. The predicted octanol–water partition coefficient (Wildman–Crippen LogP) is 3.49. The number of thiazole rings is 1. The van der Waals surface area contributed by atoms with E-state index in [1.165, 1.54) is 0 Å². The Balaban J connectivity index is 1.46. The van der Waals surface area contributed by atoms with Crippen LogP contribution in [0.4, 0.5) is 5.13 Å². The van der Waals surface area contributed by atoms with E-state index in [2.05, 4.69) is 15.2 Å². The fourth-order valence-electron chi connectivity index (χ4n) is 3.32. The van der Waals surface area contributed by atoms with Gasteiger partial charge in [-0.3, -0.25) is 9.78 Å². The molecule has 1 aliphatic rings. The van der Waals surface area contributed by atoms with E-state index in [0.29, 0.717) is 12.2 Å². The van der Waals surface area contributed by atoms with E-state index in [0.717, 1.165) is 47.0 Å². The van der Waals surface area contributed by atoms with E-state index >= 15 is 0 Å². The summed E-state index contributed by atoms with van der Waals surface area (Å²) in [5, 5.41) is 4.13. The lowest BCUT2D eigenvalue weighted by Crippen LogP contribution is -2.47. The number of carbonyl (C=O) groups is 1. The standard InChI is InChI=1S/C20H22N4O2S/c1-2-26-16-7-8-17-18(11-16)27-20(23-17)24-10-4-6-15(13-24)22-19(25)14-5-3-9-21-12-14/h3,5,7-9,11-12,15H,2,4,6,10,13H2,1H3,(H,22,25). The van der Waals surface area contributed by atoms with Crippen LogP contribution in [0.1, 0.15) is 30.1 Å². The Morgan fingerprint density at radius 1 is 1.41 bits per heavy atom. The summed E-state index contributed by atoms with van der Waals surface area (Å²) < 4.78 is 6.71. The van der Waals surface area contributed by atoms with E-state index in [1.54, 1.807) is 35.9 Å². The summed E-state index contributed by atoms with van der Waals surface area (Å²) in [4.78, 5) is 23.5. The number of hydrogen-bond donors (Lipinski definition) is 1. The zero-order valence-electron chi connectivity index (χ0n) is 15.2. The number of ether oxygens (including phenoxy) is 1. The Bertz CT molecular complexity index is 928. The van der Waals surface area contributed by atoms with Crippen LogP contribution in [0, 0.1) is 0 Å². The summed E-state index contributed by atoms with van der Waals surface area (Å²) in [6.07, 6.45) is 5.27. The number of hydrogen-bond acceptors (Lipinski definition) is 6. The molecule has 0 spiro atoms. The summed E-state index contributed by atoms with van der Waals surface area (Å²) in [5.41, 5.74) is 1.58. The van der Waals surface area contributed by atoms with Crippen LogP contribution in [-0.4, -0.2) is 41.6 Å². The second kappa shape index (κ2) is 7.92. The molecule has 2 aromatic heterocycles. The molecule has 7 heteroatoms. The van der Waals surface area contributed by atoms with Crippen molar-refractivity contribution in [2.45, 2.75) is 25.8 Å². The minimum Gasteiger partial charge on any atom is -0.494 e. The molecule has 140 valence electrons. The van der Waals surface area contributed by atoms with Crippen LogP contribution in [0.3, 0.4) is 0 Å². The van der Waals surface area contributed by atoms with Crippen molar-refractivity contribution in [2.24, 2.45) is 0 Å². The van der Waals surface area contributed by atoms with Crippen molar-refractivity contribution < 1.29 is 9.53 Å². The monoisotopic (exact) mass is 382 g/mol. The third kappa shape index (κ3) is 4.03. The molecule has 0 radical (unpaired) electrons. The molecule has 1 saturated heterocycles. The first-order chi connectivity index (χ1) is 13.2. The number of carbonyl (C=O) groups excluding carboxylic acids is 1. The number of benzene rings is 1. The van der Waals surface area contributed by atoms with Crippen LogP contribution in [0.25, 0.3) is 10.2 Å². The van der Waals surface area contributed by atoms with Crippen molar-refractivity contribution in [2.75, 3.05) is 24.6 Å². The number of fused-ring (bicyclic) bond motifs is 1. The number of pyridine rings is 1. The maximum absolute atomic E-state index is 12.4. The highest BCUT2D eigenvalue weighted by atomic mass is 32.1. The minimum atomic E-state index is -0.0689. The van der Waals surface area contributed by atoms with Crippen LogP contribution in [0.5, 0.6) is 5.75 Å². The summed E-state index contributed by atoms with van der Waals surface area (Å²) in [6, 6.07) is 9.68. The van der Waals surface area contributed by atoms with Crippen LogP contribution < -0.4 is 15.0 Å². The third-order valence-electron chi connectivity index (χ3n) is 4.61. The molecule has 1 atom stereocenters. The van der Waals surface area contributed by atoms with Crippen LogP contribution in [0.15, 0.2) is 42.7 Å². The van der Waals surface area contributed by atoms with E-state index < -0.39 is 0 Å². The molecular formula is C20H22N4O2S. The average molecular weight is 382 g/mol. The second-order valence-corrected chi connectivity index (χ2v) is 7.57. The van der Waals surface area contributed by atoms with E-state index in [4.69, 9.17) is 9.72 Å². The van der Waals surface area contributed by atoms with E-state index in [1.807, 2.05) is 25.1 Å². The normalized spacial score (nSPS) is 17.1. The zero-order valence-corrected chi connectivity index (χ0v) is 16.0. The lowest BCUT2D eigenvalue weighted by Gasteiger charge is -2.32. The van der Waals surface area contributed by atoms with Crippen LogP contribution >= 0.6 is 11.3 Å². The maximum Gasteiger partial charge on any atom is 0.253 e. The summed E-state index contributed by atoms with van der Waals surface area (Å²) in [5.74, 6) is 0.807. The van der Waals surface area contributed by atoms with E-state index in [-0.39, 0.29) is 11.9 Å². The number of amides is 1. The van der Waals surface area contributed by atoms with Gasteiger partial charge in [0, 0.05) is 31.5 Å². The molecule has 1 N–H and O–H groups in total. The number of nitrogens with one attached hydrogen (secondary N) is 1. The van der Waals surface area contributed by atoms with E-state index in [9.17, 15) is 4.79 Å². The van der Waals surface area contributed by atoms with Crippen molar-refractivity contribution in [3.05, 3.63) is 48.3 Å². The van der Waals surface area contributed by atoms with Crippen molar-refractivity contribution in [1.82, 2.24) is 15.3 Å². The number of nitrogens with zero attached hydrogens (tertiary/aromatic N) is 3. The molecule has 1 aromatic carbocycles. The SMILES string of the molecule is CCOc1ccc2nc(N3CCCC(NC(=O)c4cccnc4)C3)sc2c1. The Morgan fingerprint density at radius 3 is 3.15 bits per heavy atom. The third-order valence-corrected chi connectivity index (χ3v) is 5.69. The molecule has 0 bridgehead atoms. The van der Waals surface area contributed by atoms with Gasteiger partial charge >= 0.3 is 0 Å². The molecule has 0 aliphatic carbocycles. The van der Waals surface area contributed by atoms with Crippen molar-refractivity contribution in [1.29, 1.82) is 0 Å². The first-order valence-corrected chi connectivity index (χ1v) is 10.0. The van der Waals surface area contributed by atoms with Crippen molar-refractivity contribution >= 4 is 32.6 Å². The minimum absolute atomic E-state index is 0.0689. The summed E-state index contributed by atoms with van der Waals surface area (Å²) in [6.45, 7) is 4.36. The van der Waals surface area contributed by atoms with Gasteiger partial charge in [0.05, 0.1) is 22.4 Å². The van der Waals surface area contributed by atoms with Gasteiger partial charge in [0.2, 0.25) is 0 Å². The summed E-state index contributed by atoms with van der Waals surface area (Å²) >= 11 is 1.67. The Hall–Kier alpha value is -2.67. The Kier molecular flexibility index (Phi) is 5.20. The highest BCUT2D eigenvalue weighted by molar-refractivity contribution is 7.22. The van der Waals surface area contributed by atoms with Crippen LogP contribution in [-0.2, 0) is 0 Å². The van der Waals surface area contributed by atoms with Gasteiger partial charge in [-0.05, 0) is 50.1 Å². The highest BCUT2D eigenvalue weighted by Gasteiger charge is 2.24. The van der Waals surface area contributed by atoms with Crippen molar-refractivity contribution in [3.63, 3.8) is 0 Å². The summed E-state index contributed by atoms with van der Waals surface area (Å²) in [7, 11) is 0. The highest BCUT2D eigenvalue weighted by Crippen LogP contribution is 2.32. The average Bonchev–Trinajstić information content (AvgIpc) is 3.13. The molecule has 0 saturated carbocycles. The lowest BCUT2D eigenvalue weighted by atomic mass is 10.1. The largest absolute Gasteiger partial charge is 0.494 e. The van der Waals surface area contributed by atoms with Gasteiger partial charge in [-0.25, -0.2) is 4.98 Å². The van der Waals surface area contributed by atoms with Crippen molar-refractivity contribution in [3.8, 4) is 5.75 Å². The molecule has 6 nitrogen and oxygen atoms in total. The number of rotatable bonds is 5. The van der Waals surface area contributed by atoms with Gasteiger partial charge < -0.3 is 15.0 Å². The molecule has 1 unspecified atom stereocenters. The Morgan fingerprint density at radius 2 is 2.33 bits per heavy atom. The van der Waals surface area contributed by atoms with Gasteiger partial charge in [0.15, 0.2) is 5.13 Å². The van der Waals surface area contributed by atoms with Gasteiger partial charge in [-0.2, -0.15) is 0 Å². The van der Waals surface area contributed by atoms with Gasteiger partial charge in [-0.1, -0.05) is 11.3 Å². The first-order valence-electron chi connectivity index (χ1n) is 9.22. The number of piperidine rings is 1. The second-order valence-electron chi connectivity index (χ2n) is 6.56. The predicted molar refractivity (Wildman–Crippen MR) is 108 cm³/mol. The topological polar surface area (TPSA) is 67.3 Å².